The third kappa shape index (κ3) is 3.63. The van der Waals surface area contributed by atoms with E-state index < -0.39 is 10.0 Å². The molecule has 0 saturated heterocycles. The van der Waals surface area contributed by atoms with Gasteiger partial charge in [-0.05, 0) is 38.1 Å². The number of hydrogen-bond acceptors (Lipinski definition) is 3. The summed E-state index contributed by atoms with van der Waals surface area (Å²) < 4.78 is 25.9. The Balaban J connectivity index is 2.21. The highest BCUT2D eigenvalue weighted by atomic mass is 32.2. The molecule has 0 spiro atoms. The Bertz CT molecular complexity index is 607. The van der Waals surface area contributed by atoms with Crippen LogP contribution in [0.3, 0.4) is 0 Å². The Morgan fingerprint density at radius 2 is 1.90 bits per heavy atom. The smallest absolute Gasteiger partial charge is 0.253 e. The molecule has 1 aliphatic rings. The van der Waals surface area contributed by atoms with Crippen molar-refractivity contribution in [3.8, 4) is 0 Å². The van der Waals surface area contributed by atoms with E-state index in [9.17, 15) is 13.2 Å². The fourth-order valence-electron chi connectivity index (χ4n) is 2.75. The van der Waals surface area contributed by atoms with Crippen LogP contribution in [0.4, 0.5) is 0 Å². The zero-order valence-corrected chi connectivity index (χ0v) is 13.3. The molecule has 6 heteroatoms. The van der Waals surface area contributed by atoms with Crippen LogP contribution in [0, 0.1) is 0 Å². The molecule has 0 atom stereocenters. The van der Waals surface area contributed by atoms with Crippen LogP contribution >= 0.6 is 0 Å². The molecule has 21 heavy (non-hydrogen) atoms. The van der Waals surface area contributed by atoms with Crippen LogP contribution in [0.5, 0.6) is 0 Å². The average Bonchev–Trinajstić information content (AvgIpc) is 2.54. The molecule has 1 aromatic carbocycles. The van der Waals surface area contributed by atoms with E-state index in [0.29, 0.717) is 5.56 Å². The minimum atomic E-state index is -3.53. The second kappa shape index (κ2) is 6.58. The monoisotopic (exact) mass is 310 g/mol. The topological polar surface area (TPSA) is 66.5 Å². The summed E-state index contributed by atoms with van der Waals surface area (Å²) in [4.78, 5) is 14.4. The van der Waals surface area contributed by atoms with Gasteiger partial charge in [-0.15, -0.1) is 0 Å². The Kier molecular flexibility index (Phi) is 5.00. The molecule has 1 aliphatic carbocycles. The van der Waals surface area contributed by atoms with Crippen molar-refractivity contribution >= 4 is 15.9 Å². The van der Waals surface area contributed by atoms with Crippen molar-refractivity contribution in [2.45, 2.75) is 43.0 Å². The number of carbonyl (C=O) groups is 1. The summed E-state index contributed by atoms with van der Waals surface area (Å²) in [6.45, 7) is 0. The van der Waals surface area contributed by atoms with Gasteiger partial charge in [0, 0.05) is 18.7 Å². The predicted molar refractivity (Wildman–Crippen MR) is 81.7 cm³/mol. The first-order valence-corrected chi connectivity index (χ1v) is 8.75. The highest BCUT2D eigenvalue weighted by Crippen LogP contribution is 2.23. The fraction of sp³-hybridized carbons (Fsp3) is 0.533. The molecule has 0 radical (unpaired) electrons. The predicted octanol–water partition coefficient (Wildman–Crippen LogP) is 2.00. The molecule has 1 aromatic rings. The van der Waals surface area contributed by atoms with Crippen molar-refractivity contribution in [1.29, 1.82) is 0 Å². The van der Waals surface area contributed by atoms with E-state index in [1.807, 2.05) is 0 Å². The SMILES string of the molecule is CNS(=O)(=O)c1cccc(C(=O)N(C)C2CCCCC2)c1. The Morgan fingerprint density at radius 3 is 2.52 bits per heavy atom. The second-order valence-electron chi connectivity index (χ2n) is 5.44. The van der Waals surface area contributed by atoms with Gasteiger partial charge in [-0.1, -0.05) is 25.3 Å². The summed E-state index contributed by atoms with van der Waals surface area (Å²) in [6, 6.07) is 6.45. The number of rotatable bonds is 4. The van der Waals surface area contributed by atoms with E-state index in [0.717, 1.165) is 25.7 Å². The van der Waals surface area contributed by atoms with E-state index >= 15 is 0 Å². The third-order valence-corrected chi connectivity index (χ3v) is 5.51. The van der Waals surface area contributed by atoms with Crippen LogP contribution in [0.25, 0.3) is 0 Å². The number of nitrogens with zero attached hydrogens (tertiary/aromatic N) is 1. The molecule has 0 aliphatic heterocycles. The first-order chi connectivity index (χ1) is 9.95. The molecule has 0 bridgehead atoms. The minimum absolute atomic E-state index is 0.116. The molecule has 2 rings (SSSR count). The van der Waals surface area contributed by atoms with E-state index in [1.54, 1.807) is 24.1 Å². The molecule has 5 nitrogen and oxygen atoms in total. The van der Waals surface area contributed by atoms with Gasteiger partial charge in [0.15, 0.2) is 0 Å². The lowest BCUT2D eigenvalue weighted by molar-refractivity contribution is 0.0696. The molecule has 1 N–H and O–H groups in total. The van der Waals surface area contributed by atoms with Crippen molar-refractivity contribution in [3.05, 3.63) is 29.8 Å². The molecule has 0 aromatic heterocycles. The van der Waals surface area contributed by atoms with Crippen LogP contribution in [0.15, 0.2) is 29.2 Å². The van der Waals surface area contributed by atoms with Gasteiger partial charge in [-0.25, -0.2) is 13.1 Å². The summed E-state index contributed by atoms with van der Waals surface area (Å²) in [6.07, 6.45) is 5.58. The van der Waals surface area contributed by atoms with Crippen LogP contribution in [0.2, 0.25) is 0 Å². The van der Waals surface area contributed by atoms with E-state index in [1.165, 1.54) is 25.6 Å². The molecule has 0 unspecified atom stereocenters. The van der Waals surface area contributed by atoms with Crippen LogP contribution < -0.4 is 4.72 Å². The summed E-state index contributed by atoms with van der Waals surface area (Å²) in [5.41, 5.74) is 0.416. The van der Waals surface area contributed by atoms with Crippen LogP contribution in [-0.4, -0.2) is 39.4 Å². The van der Waals surface area contributed by atoms with Gasteiger partial charge in [0.1, 0.15) is 0 Å². The lowest BCUT2D eigenvalue weighted by atomic mass is 9.94. The highest BCUT2D eigenvalue weighted by Gasteiger charge is 2.23. The van der Waals surface area contributed by atoms with E-state index in [2.05, 4.69) is 4.72 Å². The van der Waals surface area contributed by atoms with Crippen LogP contribution in [0.1, 0.15) is 42.5 Å². The number of carbonyl (C=O) groups excluding carboxylic acids is 1. The lowest BCUT2D eigenvalue weighted by Crippen LogP contribution is -2.38. The molecule has 1 amide bonds. The molecule has 1 saturated carbocycles. The fourth-order valence-corrected chi connectivity index (χ4v) is 3.53. The summed E-state index contributed by atoms with van der Waals surface area (Å²) in [7, 11) is -0.363. The maximum absolute atomic E-state index is 12.5. The summed E-state index contributed by atoms with van der Waals surface area (Å²) in [5, 5.41) is 0. The zero-order chi connectivity index (χ0) is 15.5. The first kappa shape index (κ1) is 16.0. The third-order valence-electron chi connectivity index (χ3n) is 4.10. The number of hydrogen-bond donors (Lipinski definition) is 1. The van der Waals surface area contributed by atoms with Crippen molar-refractivity contribution in [2.75, 3.05) is 14.1 Å². The van der Waals surface area contributed by atoms with E-state index in [-0.39, 0.29) is 16.8 Å². The van der Waals surface area contributed by atoms with Gasteiger partial charge >= 0.3 is 0 Å². The second-order valence-corrected chi connectivity index (χ2v) is 7.33. The number of sulfonamides is 1. The largest absolute Gasteiger partial charge is 0.339 e. The highest BCUT2D eigenvalue weighted by molar-refractivity contribution is 7.89. The molecular weight excluding hydrogens is 288 g/mol. The average molecular weight is 310 g/mol. The maximum Gasteiger partial charge on any atom is 0.253 e. The molecule has 116 valence electrons. The standard InChI is InChI=1S/C15H22N2O3S/c1-16-21(19,20)14-10-6-7-12(11-14)15(18)17(2)13-8-4-3-5-9-13/h6-7,10-11,13,16H,3-5,8-9H2,1-2H3. The van der Waals surface area contributed by atoms with Gasteiger partial charge in [-0.3, -0.25) is 4.79 Å². The van der Waals surface area contributed by atoms with Crippen molar-refractivity contribution in [2.24, 2.45) is 0 Å². The van der Waals surface area contributed by atoms with Crippen molar-refractivity contribution in [1.82, 2.24) is 9.62 Å². The number of nitrogens with one attached hydrogen (secondary N) is 1. The van der Waals surface area contributed by atoms with Crippen LogP contribution in [-0.2, 0) is 10.0 Å². The van der Waals surface area contributed by atoms with Gasteiger partial charge in [0.05, 0.1) is 4.90 Å². The van der Waals surface area contributed by atoms with Gasteiger partial charge < -0.3 is 4.90 Å². The van der Waals surface area contributed by atoms with Crippen molar-refractivity contribution in [3.63, 3.8) is 0 Å². The zero-order valence-electron chi connectivity index (χ0n) is 12.5. The molecule has 0 heterocycles. The summed E-state index contributed by atoms with van der Waals surface area (Å²) in [5.74, 6) is -0.116. The quantitative estimate of drug-likeness (QED) is 0.925. The Labute approximate surface area is 126 Å². The van der Waals surface area contributed by atoms with Crippen molar-refractivity contribution < 1.29 is 13.2 Å². The first-order valence-electron chi connectivity index (χ1n) is 7.26. The lowest BCUT2D eigenvalue weighted by Gasteiger charge is -2.31. The molecule has 1 fully saturated rings. The normalized spacial score (nSPS) is 16.7. The maximum atomic E-state index is 12.5. The number of amides is 1. The number of benzene rings is 1. The van der Waals surface area contributed by atoms with Gasteiger partial charge in [-0.2, -0.15) is 0 Å². The minimum Gasteiger partial charge on any atom is -0.339 e. The van der Waals surface area contributed by atoms with Gasteiger partial charge in [0.25, 0.3) is 5.91 Å². The Morgan fingerprint density at radius 1 is 1.24 bits per heavy atom. The Hall–Kier alpha value is -1.40. The summed E-state index contributed by atoms with van der Waals surface area (Å²) >= 11 is 0. The van der Waals surface area contributed by atoms with Gasteiger partial charge in [0.2, 0.25) is 10.0 Å². The molecular formula is C15H22N2O3S. The van der Waals surface area contributed by atoms with E-state index in [4.69, 9.17) is 0 Å².